The predicted molar refractivity (Wildman–Crippen MR) is 104 cm³/mol. The van der Waals surface area contributed by atoms with Crippen LogP contribution in [-0.4, -0.2) is 31.7 Å². The van der Waals surface area contributed by atoms with Gasteiger partial charge < -0.3 is 5.32 Å². The second-order valence-corrected chi connectivity index (χ2v) is 11.6. The molecule has 2 atom stereocenters. The van der Waals surface area contributed by atoms with Crippen LogP contribution < -0.4 is 5.32 Å². The van der Waals surface area contributed by atoms with E-state index in [4.69, 9.17) is 0 Å². The molecule has 0 aromatic carbocycles. The minimum absolute atomic E-state index is 0.0623. The molecule has 136 valence electrons. The van der Waals surface area contributed by atoms with Gasteiger partial charge in [-0.1, -0.05) is 6.07 Å². The van der Waals surface area contributed by atoms with Crippen LogP contribution in [0.15, 0.2) is 37.6 Å². The second-order valence-electron chi connectivity index (χ2n) is 6.01. The Kier molecular flexibility index (Phi) is 5.99. The summed E-state index contributed by atoms with van der Waals surface area (Å²) in [6.07, 6.45) is 1.40. The third kappa shape index (κ3) is 4.33. The summed E-state index contributed by atoms with van der Waals surface area (Å²) >= 11 is 6.10. The summed E-state index contributed by atoms with van der Waals surface area (Å²) in [6, 6.07) is 7.22. The largest absolute Gasteiger partial charge is 0.348 e. The first-order chi connectivity index (χ1) is 11.9. The molecule has 9 heteroatoms. The molecule has 0 radical (unpaired) electrons. The van der Waals surface area contributed by atoms with Crippen LogP contribution in [0.5, 0.6) is 0 Å². The molecule has 2 aromatic rings. The third-order valence-electron chi connectivity index (χ3n) is 4.23. The van der Waals surface area contributed by atoms with Gasteiger partial charge in [-0.15, -0.1) is 22.7 Å². The summed E-state index contributed by atoms with van der Waals surface area (Å²) in [7, 11) is -3.54. The quantitative estimate of drug-likeness (QED) is 0.733. The fourth-order valence-electron chi connectivity index (χ4n) is 2.88. The standard InChI is InChI=1S/C16H19BrN2O3S3/c1-11(13-5-3-9-23-13)18-16(20)12-4-2-8-19(10-12)25(21,22)15-7-6-14(17)24-15/h3,5-7,9,11-12H,2,4,8,10H2,1H3,(H,18,20). The highest BCUT2D eigenvalue weighted by molar-refractivity contribution is 9.11. The van der Waals surface area contributed by atoms with Crippen molar-refractivity contribution < 1.29 is 13.2 Å². The number of carbonyl (C=O) groups excluding carboxylic acids is 1. The number of rotatable bonds is 5. The summed E-state index contributed by atoms with van der Waals surface area (Å²) in [5, 5.41) is 4.99. The van der Waals surface area contributed by atoms with Crippen LogP contribution in [-0.2, 0) is 14.8 Å². The van der Waals surface area contributed by atoms with Crippen LogP contribution in [0.2, 0.25) is 0 Å². The Morgan fingerprint density at radius 3 is 2.84 bits per heavy atom. The van der Waals surface area contributed by atoms with Crippen molar-refractivity contribution in [3.8, 4) is 0 Å². The third-order valence-corrected chi connectivity index (χ3v) is 9.24. The highest BCUT2D eigenvalue weighted by Crippen LogP contribution is 2.31. The fraction of sp³-hybridized carbons (Fsp3) is 0.438. The lowest BCUT2D eigenvalue weighted by Crippen LogP contribution is -2.45. The number of amides is 1. The van der Waals surface area contributed by atoms with Crippen molar-refractivity contribution in [2.75, 3.05) is 13.1 Å². The first kappa shape index (κ1) is 19.0. The van der Waals surface area contributed by atoms with Crippen molar-refractivity contribution in [2.24, 2.45) is 5.92 Å². The summed E-state index contributed by atoms with van der Waals surface area (Å²) in [5.41, 5.74) is 0. The molecule has 1 aliphatic rings. The lowest BCUT2D eigenvalue weighted by molar-refractivity contribution is -0.126. The van der Waals surface area contributed by atoms with Crippen molar-refractivity contribution >= 4 is 54.5 Å². The molecule has 0 saturated carbocycles. The van der Waals surface area contributed by atoms with Crippen LogP contribution in [0.4, 0.5) is 0 Å². The highest BCUT2D eigenvalue weighted by atomic mass is 79.9. The highest BCUT2D eigenvalue weighted by Gasteiger charge is 2.34. The van der Waals surface area contributed by atoms with E-state index in [0.29, 0.717) is 23.6 Å². The Morgan fingerprint density at radius 1 is 1.40 bits per heavy atom. The predicted octanol–water partition coefficient (Wildman–Crippen LogP) is 3.85. The molecule has 5 nitrogen and oxygen atoms in total. The van der Waals surface area contributed by atoms with Gasteiger partial charge in [-0.2, -0.15) is 4.31 Å². The van der Waals surface area contributed by atoms with Crippen LogP contribution in [0, 0.1) is 5.92 Å². The molecule has 2 unspecified atom stereocenters. The lowest BCUT2D eigenvalue weighted by atomic mass is 9.98. The molecule has 25 heavy (non-hydrogen) atoms. The monoisotopic (exact) mass is 462 g/mol. The number of thiophene rings is 2. The number of hydrogen-bond acceptors (Lipinski definition) is 5. The number of halogens is 1. The molecular weight excluding hydrogens is 444 g/mol. The zero-order chi connectivity index (χ0) is 18.0. The first-order valence-electron chi connectivity index (χ1n) is 7.97. The van der Waals surface area contributed by atoms with E-state index in [-0.39, 0.29) is 24.4 Å². The Morgan fingerprint density at radius 2 is 2.20 bits per heavy atom. The van der Waals surface area contributed by atoms with Crippen LogP contribution in [0.3, 0.4) is 0 Å². The molecule has 1 N–H and O–H groups in total. The topological polar surface area (TPSA) is 66.5 Å². The molecule has 1 amide bonds. The smallest absolute Gasteiger partial charge is 0.252 e. The van der Waals surface area contributed by atoms with Crippen molar-refractivity contribution in [1.82, 2.24) is 9.62 Å². The molecule has 0 bridgehead atoms. The molecule has 3 rings (SSSR count). The zero-order valence-electron chi connectivity index (χ0n) is 13.6. The summed E-state index contributed by atoms with van der Waals surface area (Å²) in [5.74, 6) is -0.387. The number of hydrogen-bond donors (Lipinski definition) is 1. The average molecular weight is 463 g/mol. The minimum atomic E-state index is -3.54. The van der Waals surface area contributed by atoms with Gasteiger partial charge in [0.25, 0.3) is 10.0 Å². The Balaban J connectivity index is 1.67. The van der Waals surface area contributed by atoms with Gasteiger partial charge in [0.1, 0.15) is 4.21 Å². The number of nitrogens with one attached hydrogen (secondary N) is 1. The van der Waals surface area contributed by atoms with Gasteiger partial charge in [-0.25, -0.2) is 8.42 Å². The van der Waals surface area contributed by atoms with Gasteiger partial charge >= 0.3 is 0 Å². The summed E-state index contributed by atoms with van der Waals surface area (Å²) in [4.78, 5) is 13.7. The van der Waals surface area contributed by atoms with Crippen molar-refractivity contribution in [2.45, 2.75) is 30.0 Å². The number of carbonyl (C=O) groups is 1. The molecule has 1 aliphatic heterocycles. The maximum atomic E-state index is 12.8. The molecular formula is C16H19BrN2O3S3. The van der Waals surface area contributed by atoms with Crippen molar-refractivity contribution in [1.29, 1.82) is 0 Å². The molecule has 1 saturated heterocycles. The van der Waals surface area contributed by atoms with E-state index in [1.54, 1.807) is 23.5 Å². The normalized spacial score (nSPS) is 20.3. The van der Waals surface area contributed by atoms with E-state index in [1.807, 2.05) is 24.4 Å². The van der Waals surface area contributed by atoms with Gasteiger partial charge in [0.05, 0.1) is 15.7 Å². The molecule has 3 heterocycles. The summed E-state index contributed by atoms with van der Waals surface area (Å²) < 4.78 is 28.1. The SMILES string of the molecule is CC(NC(=O)C1CCCN(S(=O)(=O)c2ccc(Br)s2)C1)c1cccs1. The molecule has 1 fully saturated rings. The fourth-order valence-corrected chi connectivity index (χ4v) is 7.30. The van der Waals surface area contributed by atoms with Gasteiger partial charge in [0, 0.05) is 18.0 Å². The number of nitrogens with zero attached hydrogens (tertiary/aromatic N) is 1. The first-order valence-corrected chi connectivity index (χ1v) is 11.9. The zero-order valence-corrected chi connectivity index (χ0v) is 17.7. The Labute approximate surface area is 164 Å². The van der Waals surface area contributed by atoms with E-state index in [9.17, 15) is 13.2 Å². The van der Waals surface area contributed by atoms with Gasteiger partial charge in [0.2, 0.25) is 5.91 Å². The van der Waals surface area contributed by atoms with E-state index >= 15 is 0 Å². The van der Waals surface area contributed by atoms with E-state index in [0.717, 1.165) is 8.66 Å². The average Bonchev–Trinajstić information content (AvgIpc) is 3.26. The molecule has 0 aliphatic carbocycles. The van der Waals surface area contributed by atoms with Gasteiger partial charge in [-0.05, 0) is 59.3 Å². The minimum Gasteiger partial charge on any atom is -0.348 e. The van der Waals surface area contributed by atoms with Crippen LogP contribution in [0.1, 0.15) is 30.7 Å². The number of sulfonamides is 1. The van der Waals surface area contributed by atoms with E-state index < -0.39 is 10.0 Å². The Bertz CT molecular complexity index is 833. The van der Waals surface area contributed by atoms with Crippen LogP contribution >= 0.6 is 38.6 Å². The maximum absolute atomic E-state index is 12.8. The van der Waals surface area contributed by atoms with Crippen molar-refractivity contribution in [3.05, 3.63) is 38.3 Å². The number of piperidine rings is 1. The molecule has 0 spiro atoms. The summed E-state index contributed by atoms with van der Waals surface area (Å²) in [6.45, 7) is 2.65. The van der Waals surface area contributed by atoms with E-state index in [1.165, 1.54) is 15.6 Å². The van der Waals surface area contributed by atoms with Crippen molar-refractivity contribution in [3.63, 3.8) is 0 Å². The maximum Gasteiger partial charge on any atom is 0.252 e. The van der Waals surface area contributed by atoms with E-state index in [2.05, 4.69) is 21.2 Å². The molecule has 2 aromatic heterocycles. The van der Waals surface area contributed by atoms with Gasteiger partial charge in [0.15, 0.2) is 0 Å². The second kappa shape index (κ2) is 7.87. The van der Waals surface area contributed by atoms with Gasteiger partial charge in [-0.3, -0.25) is 4.79 Å². The lowest BCUT2D eigenvalue weighted by Gasteiger charge is -2.31. The van der Waals surface area contributed by atoms with Crippen LogP contribution in [0.25, 0.3) is 0 Å². The Hall–Kier alpha value is -0.740.